The summed E-state index contributed by atoms with van der Waals surface area (Å²) in [6.45, 7) is 0. The number of rotatable bonds is 3. The van der Waals surface area contributed by atoms with Crippen molar-refractivity contribution in [1.29, 1.82) is 0 Å². The second-order valence-electron chi connectivity index (χ2n) is 5.56. The summed E-state index contributed by atoms with van der Waals surface area (Å²) >= 11 is 0. The van der Waals surface area contributed by atoms with Gasteiger partial charge in [0.15, 0.2) is 0 Å². The summed E-state index contributed by atoms with van der Waals surface area (Å²) in [5.41, 5.74) is 2.30. The molecule has 0 N–H and O–H groups in total. The van der Waals surface area contributed by atoms with Gasteiger partial charge >= 0.3 is 5.91 Å². The Kier molecular flexibility index (Phi) is 3.92. The molecule has 4 nitrogen and oxygen atoms in total. The number of carbonyl (C=O) groups excluding carboxylic acids is 1. The van der Waals surface area contributed by atoms with E-state index in [1.165, 1.54) is 0 Å². The van der Waals surface area contributed by atoms with Gasteiger partial charge in [0, 0.05) is 23.0 Å². The van der Waals surface area contributed by atoms with E-state index in [4.69, 9.17) is 0 Å². The Morgan fingerprint density at radius 3 is 1.92 bits per heavy atom. The summed E-state index contributed by atoms with van der Waals surface area (Å²) in [4.78, 5) is 23.5. The smallest absolute Gasteiger partial charge is 0.274 e. The lowest BCUT2D eigenvalue weighted by Crippen LogP contribution is -2.27. The molecule has 4 rings (SSSR count). The first-order chi connectivity index (χ1) is 12.3. The van der Waals surface area contributed by atoms with Gasteiger partial charge in [-0.15, -0.1) is 0 Å². The van der Waals surface area contributed by atoms with Gasteiger partial charge in [-0.05, 0) is 30.3 Å². The van der Waals surface area contributed by atoms with Crippen LogP contribution < -0.4 is 4.90 Å². The molecular weight excluding hydrogens is 310 g/mol. The maximum Gasteiger partial charge on any atom is 0.300 e. The van der Waals surface area contributed by atoms with Crippen LogP contribution in [0.2, 0.25) is 0 Å². The molecule has 0 saturated carbocycles. The molecule has 0 aliphatic carbocycles. The van der Waals surface area contributed by atoms with Crippen molar-refractivity contribution < 1.29 is 4.79 Å². The standard InChI is InChI=1S/C21H15N3O/c25-21(20-22-15-16-9-7-8-14-19(16)23-20)24(17-10-3-1-4-11-17)18-12-5-2-6-13-18/h1-15H. The molecule has 0 aliphatic rings. The Morgan fingerprint density at radius 1 is 0.720 bits per heavy atom. The lowest BCUT2D eigenvalue weighted by atomic mass is 10.2. The van der Waals surface area contributed by atoms with Gasteiger partial charge in [0.05, 0.1) is 5.52 Å². The quantitative estimate of drug-likeness (QED) is 0.552. The third kappa shape index (κ3) is 2.97. The summed E-state index contributed by atoms with van der Waals surface area (Å²) in [5, 5.41) is 0.907. The lowest BCUT2D eigenvalue weighted by molar-refractivity contribution is 0.0990. The molecule has 1 heterocycles. The van der Waals surface area contributed by atoms with Gasteiger partial charge in [-0.2, -0.15) is 0 Å². The minimum absolute atomic E-state index is 0.173. The molecule has 0 radical (unpaired) electrons. The number of hydrogen-bond acceptors (Lipinski definition) is 3. The highest BCUT2D eigenvalue weighted by Gasteiger charge is 2.22. The van der Waals surface area contributed by atoms with Gasteiger partial charge in [-0.3, -0.25) is 9.69 Å². The second kappa shape index (κ2) is 6.53. The van der Waals surface area contributed by atoms with E-state index in [0.717, 1.165) is 22.3 Å². The molecule has 25 heavy (non-hydrogen) atoms. The number of fused-ring (bicyclic) bond motifs is 1. The molecule has 1 aromatic heterocycles. The summed E-state index contributed by atoms with van der Waals surface area (Å²) in [6.07, 6.45) is 1.68. The number of nitrogens with zero attached hydrogens (tertiary/aromatic N) is 3. The normalized spacial score (nSPS) is 10.6. The third-order valence-corrected chi connectivity index (χ3v) is 3.91. The molecular formula is C21H15N3O. The molecule has 1 amide bonds. The first-order valence-electron chi connectivity index (χ1n) is 7.99. The van der Waals surface area contributed by atoms with Crippen LogP contribution in [0.4, 0.5) is 11.4 Å². The fraction of sp³-hybridized carbons (Fsp3) is 0. The molecule has 4 heteroatoms. The van der Waals surface area contributed by atoms with Gasteiger partial charge in [0.2, 0.25) is 5.82 Å². The highest BCUT2D eigenvalue weighted by atomic mass is 16.2. The first kappa shape index (κ1) is 15.0. The molecule has 4 aromatic rings. The average Bonchev–Trinajstić information content (AvgIpc) is 2.69. The SMILES string of the molecule is O=C(c1ncc2ccccc2n1)N(c1ccccc1)c1ccccc1. The van der Waals surface area contributed by atoms with E-state index in [0.29, 0.717) is 0 Å². The molecule has 0 fully saturated rings. The highest BCUT2D eigenvalue weighted by Crippen LogP contribution is 2.26. The monoisotopic (exact) mass is 325 g/mol. The van der Waals surface area contributed by atoms with E-state index >= 15 is 0 Å². The lowest BCUT2D eigenvalue weighted by Gasteiger charge is -2.22. The van der Waals surface area contributed by atoms with Gasteiger partial charge in [0.1, 0.15) is 0 Å². The van der Waals surface area contributed by atoms with Crippen molar-refractivity contribution >= 4 is 28.2 Å². The topological polar surface area (TPSA) is 46.1 Å². The van der Waals surface area contributed by atoms with Crippen molar-refractivity contribution in [3.05, 3.63) is 97.0 Å². The number of para-hydroxylation sites is 3. The average molecular weight is 325 g/mol. The summed E-state index contributed by atoms with van der Waals surface area (Å²) in [5.74, 6) is -0.0884. The van der Waals surface area contributed by atoms with Gasteiger partial charge in [-0.25, -0.2) is 9.97 Å². The van der Waals surface area contributed by atoms with Crippen LogP contribution in [-0.2, 0) is 0 Å². The Bertz CT molecular complexity index is 977. The van der Waals surface area contributed by atoms with Crippen LogP contribution in [0.5, 0.6) is 0 Å². The van der Waals surface area contributed by atoms with E-state index in [1.54, 1.807) is 11.1 Å². The maximum atomic E-state index is 13.2. The number of hydrogen-bond donors (Lipinski definition) is 0. The molecule has 0 aliphatic heterocycles. The van der Waals surface area contributed by atoms with E-state index in [-0.39, 0.29) is 11.7 Å². The molecule has 120 valence electrons. The van der Waals surface area contributed by atoms with Crippen molar-refractivity contribution in [3.8, 4) is 0 Å². The predicted molar refractivity (Wildman–Crippen MR) is 98.9 cm³/mol. The fourth-order valence-corrected chi connectivity index (χ4v) is 2.71. The maximum absolute atomic E-state index is 13.2. The number of amides is 1. The van der Waals surface area contributed by atoms with Crippen molar-refractivity contribution in [2.75, 3.05) is 4.90 Å². The van der Waals surface area contributed by atoms with Crippen LogP contribution in [0.1, 0.15) is 10.6 Å². The highest BCUT2D eigenvalue weighted by molar-refractivity contribution is 6.09. The van der Waals surface area contributed by atoms with Crippen molar-refractivity contribution in [3.63, 3.8) is 0 Å². The zero-order valence-corrected chi connectivity index (χ0v) is 13.4. The van der Waals surface area contributed by atoms with E-state index in [1.807, 2.05) is 84.9 Å². The second-order valence-corrected chi connectivity index (χ2v) is 5.56. The summed E-state index contributed by atoms with van der Waals surface area (Å²) in [6, 6.07) is 26.7. The Hall–Kier alpha value is -3.53. The van der Waals surface area contributed by atoms with Crippen molar-refractivity contribution in [2.45, 2.75) is 0 Å². The van der Waals surface area contributed by atoms with E-state index in [2.05, 4.69) is 9.97 Å². The minimum Gasteiger partial charge on any atom is -0.274 e. The van der Waals surface area contributed by atoms with Gasteiger partial charge < -0.3 is 0 Å². The summed E-state index contributed by atoms with van der Waals surface area (Å²) < 4.78 is 0. The third-order valence-electron chi connectivity index (χ3n) is 3.91. The zero-order valence-electron chi connectivity index (χ0n) is 13.4. The molecule has 0 spiro atoms. The van der Waals surface area contributed by atoms with Crippen LogP contribution in [0.15, 0.2) is 91.1 Å². The number of aromatic nitrogens is 2. The van der Waals surface area contributed by atoms with Gasteiger partial charge in [0.25, 0.3) is 0 Å². The Labute approximate surface area is 145 Å². The summed E-state index contributed by atoms with van der Waals surface area (Å²) in [7, 11) is 0. The Balaban J connectivity index is 1.82. The largest absolute Gasteiger partial charge is 0.300 e. The molecule has 0 saturated heterocycles. The molecule has 3 aromatic carbocycles. The molecule has 0 bridgehead atoms. The molecule has 0 unspecified atom stereocenters. The van der Waals surface area contributed by atoms with Gasteiger partial charge in [-0.1, -0.05) is 54.6 Å². The van der Waals surface area contributed by atoms with Crippen molar-refractivity contribution in [2.24, 2.45) is 0 Å². The van der Waals surface area contributed by atoms with Crippen molar-refractivity contribution in [1.82, 2.24) is 9.97 Å². The van der Waals surface area contributed by atoms with Crippen LogP contribution >= 0.6 is 0 Å². The van der Waals surface area contributed by atoms with Crippen LogP contribution in [-0.4, -0.2) is 15.9 Å². The molecule has 0 atom stereocenters. The van der Waals surface area contributed by atoms with E-state index in [9.17, 15) is 4.79 Å². The first-order valence-corrected chi connectivity index (χ1v) is 7.99. The minimum atomic E-state index is -0.261. The van der Waals surface area contributed by atoms with E-state index < -0.39 is 0 Å². The number of anilines is 2. The van der Waals surface area contributed by atoms with Crippen LogP contribution in [0.25, 0.3) is 10.9 Å². The zero-order chi connectivity index (χ0) is 17.1. The van der Waals surface area contributed by atoms with Crippen LogP contribution in [0, 0.1) is 0 Å². The predicted octanol–water partition coefficient (Wildman–Crippen LogP) is 4.61. The fourth-order valence-electron chi connectivity index (χ4n) is 2.71. The van der Waals surface area contributed by atoms with Crippen LogP contribution in [0.3, 0.4) is 0 Å². The number of benzene rings is 3. The number of carbonyl (C=O) groups is 1. The Morgan fingerprint density at radius 2 is 1.28 bits per heavy atom.